The van der Waals surface area contributed by atoms with Crippen LogP contribution in [0.1, 0.15) is 11.3 Å². The molecule has 3 rings (SSSR count). The Bertz CT molecular complexity index is 933. The van der Waals surface area contributed by atoms with Crippen LogP contribution in [0.2, 0.25) is 0 Å². The van der Waals surface area contributed by atoms with Gasteiger partial charge in [0.05, 0.1) is 12.1 Å². The van der Waals surface area contributed by atoms with Gasteiger partial charge in [0, 0.05) is 6.20 Å². The highest BCUT2D eigenvalue weighted by atomic mass is 19.1. The van der Waals surface area contributed by atoms with E-state index in [0.717, 1.165) is 0 Å². The van der Waals surface area contributed by atoms with E-state index in [0.29, 0.717) is 16.9 Å². The largest absolute Gasteiger partial charge is 0.320 e. The summed E-state index contributed by atoms with van der Waals surface area (Å²) in [6.45, 7) is 1.67. The first-order valence-corrected chi connectivity index (χ1v) is 7.07. The van der Waals surface area contributed by atoms with E-state index < -0.39 is 0 Å². The van der Waals surface area contributed by atoms with Crippen molar-refractivity contribution in [3.05, 3.63) is 76.1 Å². The molecule has 5 nitrogen and oxygen atoms in total. The van der Waals surface area contributed by atoms with Crippen LogP contribution in [-0.4, -0.2) is 15.3 Å². The Balaban J connectivity index is 1.87. The van der Waals surface area contributed by atoms with Crippen LogP contribution in [0.25, 0.3) is 5.65 Å². The first kappa shape index (κ1) is 14.9. The fraction of sp³-hybridized carbons (Fsp3) is 0.118. The monoisotopic (exact) mass is 311 g/mol. The van der Waals surface area contributed by atoms with E-state index >= 15 is 0 Å². The molecule has 0 bridgehead atoms. The summed E-state index contributed by atoms with van der Waals surface area (Å²) in [5.74, 6) is -0.712. The summed E-state index contributed by atoms with van der Waals surface area (Å²) < 4.78 is 14.2. The van der Waals surface area contributed by atoms with Gasteiger partial charge in [0.25, 0.3) is 5.56 Å². The number of fused-ring (bicyclic) bond motifs is 1. The minimum Gasteiger partial charge on any atom is -0.320 e. The number of halogens is 1. The molecule has 2 heterocycles. The Kier molecular flexibility index (Phi) is 3.89. The Labute approximate surface area is 131 Å². The molecule has 0 spiro atoms. The Morgan fingerprint density at radius 2 is 1.96 bits per heavy atom. The minimum absolute atomic E-state index is 0.0522. The van der Waals surface area contributed by atoms with Crippen molar-refractivity contribution in [2.24, 2.45) is 0 Å². The second kappa shape index (κ2) is 6.00. The number of pyridine rings is 1. The molecule has 23 heavy (non-hydrogen) atoms. The molecule has 3 aromatic rings. The highest BCUT2D eigenvalue weighted by Crippen LogP contribution is 2.10. The number of carbonyl (C=O) groups excluding carboxylic acids is 1. The average Bonchev–Trinajstić information content (AvgIpc) is 2.54. The number of nitrogens with zero attached hydrogens (tertiary/aromatic N) is 2. The van der Waals surface area contributed by atoms with Gasteiger partial charge in [-0.3, -0.25) is 14.0 Å². The second-order valence-corrected chi connectivity index (χ2v) is 5.16. The number of amides is 1. The first-order valence-electron chi connectivity index (χ1n) is 7.07. The topological polar surface area (TPSA) is 63.5 Å². The highest BCUT2D eigenvalue weighted by molar-refractivity contribution is 5.92. The van der Waals surface area contributed by atoms with Crippen LogP contribution in [-0.2, 0) is 11.2 Å². The van der Waals surface area contributed by atoms with Crippen molar-refractivity contribution in [1.82, 2.24) is 9.38 Å². The highest BCUT2D eigenvalue weighted by Gasteiger charge is 2.13. The number of anilines is 1. The summed E-state index contributed by atoms with van der Waals surface area (Å²) in [6, 6.07) is 10.9. The van der Waals surface area contributed by atoms with Gasteiger partial charge in [0.1, 0.15) is 17.2 Å². The minimum atomic E-state index is -0.359. The Morgan fingerprint density at radius 1 is 1.22 bits per heavy atom. The van der Waals surface area contributed by atoms with Crippen LogP contribution < -0.4 is 10.9 Å². The molecule has 1 aromatic carbocycles. The molecule has 0 aliphatic rings. The lowest BCUT2D eigenvalue weighted by molar-refractivity contribution is -0.115. The van der Waals surface area contributed by atoms with E-state index in [2.05, 4.69) is 10.3 Å². The van der Waals surface area contributed by atoms with Crippen LogP contribution in [0, 0.1) is 12.7 Å². The molecule has 116 valence electrons. The molecule has 0 fully saturated rings. The first-order chi connectivity index (χ1) is 11.0. The summed E-state index contributed by atoms with van der Waals surface area (Å²) in [7, 11) is 0. The van der Waals surface area contributed by atoms with Crippen LogP contribution >= 0.6 is 0 Å². The lowest BCUT2D eigenvalue weighted by atomic mass is 10.1. The second-order valence-electron chi connectivity index (χ2n) is 5.16. The molecule has 0 saturated carbocycles. The average molecular weight is 311 g/mol. The van der Waals surface area contributed by atoms with Crippen molar-refractivity contribution in [2.45, 2.75) is 13.3 Å². The third-order valence-electron chi connectivity index (χ3n) is 3.46. The molecule has 0 unspecified atom stereocenters. The van der Waals surface area contributed by atoms with Crippen LogP contribution in [0.4, 0.5) is 10.1 Å². The van der Waals surface area contributed by atoms with E-state index in [1.165, 1.54) is 28.7 Å². The zero-order valence-corrected chi connectivity index (χ0v) is 12.4. The van der Waals surface area contributed by atoms with Crippen molar-refractivity contribution in [3.63, 3.8) is 0 Å². The Hall–Kier alpha value is -3.02. The van der Waals surface area contributed by atoms with Crippen molar-refractivity contribution in [3.8, 4) is 0 Å². The summed E-state index contributed by atoms with van der Waals surface area (Å²) >= 11 is 0. The number of hydrogen-bond donors (Lipinski definition) is 1. The van der Waals surface area contributed by atoms with Crippen LogP contribution in [0.3, 0.4) is 0 Å². The summed E-state index contributed by atoms with van der Waals surface area (Å²) in [6.07, 6.45) is 1.65. The van der Waals surface area contributed by atoms with Gasteiger partial charge in [-0.15, -0.1) is 0 Å². The lowest BCUT2D eigenvalue weighted by Crippen LogP contribution is -2.25. The number of rotatable bonds is 3. The molecular weight excluding hydrogens is 297 g/mol. The van der Waals surface area contributed by atoms with Gasteiger partial charge in [0.15, 0.2) is 0 Å². The predicted molar refractivity (Wildman–Crippen MR) is 84.9 cm³/mol. The molecule has 1 N–H and O–H groups in total. The van der Waals surface area contributed by atoms with E-state index in [-0.39, 0.29) is 29.4 Å². The van der Waals surface area contributed by atoms with Gasteiger partial charge in [-0.25, -0.2) is 9.37 Å². The smallest absolute Gasteiger partial charge is 0.281 e. The number of carbonyl (C=O) groups is 1. The molecule has 0 aliphatic heterocycles. The SMILES string of the molecule is Cc1nc2ccccn2c(=O)c1NC(=O)Cc1ccc(F)cc1. The normalized spacial score (nSPS) is 10.7. The predicted octanol–water partition coefficient (Wildman–Crippen LogP) is 2.32. The summed E-state index contributed by atoms with van der Waals surface area (Å²) in [5, 5.41) is 2.61. The zero-order chi connectivity index (χ0) is 16.4. The number of hydrogen-bond acceptors (Lipinski definition) is 3. The number of aromatic nitrogens is 2. The summed E-state index contributed by atoms with van der Waals surface area (Å²) in [4.78, 5) is 28.9. The molecular formula is C17H14FN3O2. The Morgan fingerprint density at radius 3 is 2.70 bits per heavy atom. The lowest BCUT2D eigenvalue weighted by Gasteiger charge is -2.09. The zero-order valence-electron chi connectivity index (χ0n) is 12.4. The van der Waals surface area contributed by atoms with E-state index in [1.807, 2.05) is 0 Å². The van der Waals surface area contributed by atoms with Gasteiger partial charge in [-0.2, -0.15) is 0 Å². The van der Waals surface area contributed by atoms with Gasteiger partial charge >= 0.3 is 0 Å². The number of benzene rings is 1. The van der Waals surface area contributed by atoms with Gasteiger partial charge in [0.2, 0.25) is 5.91 Å². The quantitative estimate of drug-likeness (QED) is 0.807. The molecule has 6 heteroatoms. The maximum Gasteiger partial charge on any atom is 0.281 e. The third-order valence-corrected chi connectivity index (χ3v) is 3.46. The fourth-order valence-corrected chi connectivity index (χ4v) is 2.32. The maximum absolute atomic E-state index is 12.9. The van der Waals surface area contributed by atoms with Crippen LogP contribution in [0.5, 0.6) is 0 Å². The van der Waals surface area contributed by atoms with E-state index in [9.17, 15) is 14.0 Å². The maximum atomic E-state index is 12.9. The van der Waals surface area contributed by atoms with Crippen molar-refractivity contribution < 1.29 is 9.18 Å². The molecule has 1 amide bonds. The third kappa shape index (κ3) is 3.11. The molecule has 0 atom stereocenters. The molecule has 2 aromatic heterocycles. The van der Waals surface area contributed by atoms with Gasteiger partial charge in [-0.05, 0) is 36.8 Å². The van der Waals surface area contributed by atoms with Gasteiger partial charge in [-0.1, -0.05) is 18.2 Å². The van der Waals surface area contributed by atoms with E-state index in [4.69, 9.17) is 0 Å². The van der Waals surface area contributed by atoms with Crippen molar-refractivity contribution >= 4 is 17.2 Å². The molecule has 0 saturated heterocycles. The van der Waals surface area contributed by atoms with Gasteiger partial charge < -0.3 is 5.32 Å². The standard InChI is InChI=1S/C17H14FN3O2/c1-11-16(17(23)21-9-3-2-4-14(21)19-11)20-15(22)10-12-5-7-13(18)8-6-12/h2-9H,10H2,1H3,(H,20,22). The number of nitrogens with one attached hydrogen (secondary N) is 1. The van der Waals surface area contributed by atoms with Crippen molar-refractivity contribution in [1.29, 1.82) is 0 Å². The number of aryl methyl sites for hydroxylation is 1. The van der Waals surface area contributed by atoms with Crippen molar-refractivity contribution in [2.75, 3.05) is 5.32 Å². The summed E-state index contributed by atoms with van der Waals surface area (Å²) in [5.41, 5.74) is 1.46. The molecule has 0 aliphatic carbocycles. The molecule has 0 radical (unpaired) electrons. The fourth-order valence-electron chi connectivity index (χ4n) is 2.32. The van der Waals surface area contributed by atoms with Crippen LogP contribution in [0.15, 0.2) is 53.5 Å². The van der Waals surface area contributed by atoms with E-state index in [1.54, 1.807) is 31.3 Å².